The largest absolute Gasteiger partial charge is 0.504 e. The highest BCUT2D eigenvalue weighted by Crippen LogP contribution is 2.53. The highest BCUT2D eigenvalue weighted by Gasteiger charge is 2.59. The third kappa shape index (κ3) is 2.20. The van der Waals surface area contributed by atoms with E-state index in [1.165, 1.54) is 0 Å². The Hall–Kier alpha value is -2.69. The molecule has 5 rings (SSSR count). The standard InChI is InChI=1S/C22H22O5/c1-22(2)20-13(9-11-5-3-7-15(23)18(11)26-20)17(25)14-10-12-6-4-8-16(24)19(12)27-21(14)22/h3-8,13-14,20-21,23-24H,9-10H2,1-2H3/t13-,14-,20-,21-/m1/s1. The van der Waals surface area contributed by atoms with Crippen molar-refractivity contribution in [1.29, 1.82) is 0 Å². The van der Waals surface area contributed by atoms with E-state index in [-0.39, 0.29) is 41.3 Å². The van der Waals surface area contributed by atoms with E-state index in [1.807, 2.05) is 26.0 Å². The normalized spacial score (nSPS) is 30.1. The fourth-order valence-electron chi connectivity index (χ4n) is 5.12. The number of phenolic OH excluding ortho intramolecular Hbond substituents is 2. The lowest BCUT2D eigenvalue weighted by molar-refractivity contribution is -0.162. The molecule has 2 N–H and O–H groups in total. The summed E-state index contributed by atoms with van der Waals surface area (Å²) in [5.74, 6) is 0.755. The molecule has 2 aliphatic heterocycles. The van der Waals surface area contributed by atoms with Crippen LogP contribution in [0.15, 0.2) is 36.4 Å². The molecule has 1 saturated carbocycles. The third-order valence-corrected chi connectivity index (χ3v) is 6.45. The van der Waals surface area contributed by atoms with Crippen molar-refractivity contribution < 1.29 is 24.5 Å². The maximum absolute atomic E-state index is 13.4. The van der Waals surface area contributed by atoms with E-state index in [9.17, 15) is 15.0 Å². The highest BCUT2D eigenvalue weighted by atomic mass is 16.5. The Balaban J connectivity index is 1.59. The predicted molar refractivity (Wildman–Crippen MR) is 98.2 cm³/mol. The number of Topliss-reactive ketones (excluding diaryl/α,β-unsaturated/α-hetero) is 1. The predicted octanol–water partition coefficient (Wildman–Crippen LogP) is 3.25. The summed E-state index contributed by atoms with van der Waals surface area (Å²) in [5, 5.41) is 20.4. The van der Waals surface area contributed by atoms with Crippen molar-refractivity contribution in [1.82, 2.24) is 0 Å². The Morgan fingerprint density at radius 1 is 0.852 bits per heavy atom. The van der Waals surface area contributed by atoms with Gasteiger partial charge < -0.3 is 19.7 Å². The molecule has 0 amide bonds. The van der Waals surface area contributed by atoms with Gasteiger partial charge in [-0.15, -0.1) is 0 Å². The molecular weight excluding hydrogens is 344 g/mol. The van der Waals surface area contributed by atoms with Crippen LogP contribution in [0.25, 0.3) is 0 Å². The maximum Gasteiger partial charge on any atom is 0.164 e. The number of fused-ring (bicyclic) bond motifs is 4. The Bertz CT molecular complexity index is 874. The van der Waals surface area contributed by atoms with E-state index in [0.29, 0.717) is 24.3 Å². The summed E-state index contributed by atoms with van der Waals surface area (Å²) >= 11 is 0. The first-order chi connectivity index (χ1) is 12.9. The van der Waals surface area contributed by atoms with Crippen LogP contribution < -0.4 is 9.47 Å². The quantitative estimate of drug-likeness (QED) is 0.749. The first-order valence-electron chi connectivity index (χ1n) is 9.36. The van der Waals surface area contributed by atoms with Gasteiger partial charge >= 0.3 is 0 Å². The van der Waals surface area contributed by atoms with Gasteiger partial charge in [0.15, 0.2) is 23.0 Å². The van der Waals surface area contributed by atoms with Crippen LogP contribution in [0.5, 0.6) is 23.0 Å². The SMILES string of the molecule is CC1(C)[C@@H]2Oc3c(O)cccc3C[C@@H]2C(=O)[C@H]2Cc3cccc(O)c3O[C@H]21. The zero-order chi connectivity index (χ0) is 18.9. The van der Waals surface area contributed by atoms with Gasteiger partial charge in [-0.1, -0.05) is 38.1 Å². The zero-order valence-electron chi connectivity index (χ0n) is 15.3. The Morgan fingerprint density at radius 3 is 1.74 bits per heavy atom. The van der Waals surface area contributed by atoms with E-state index in [0.717, 1.165) is 11.1 Å². The number of hydrogen-bond donors (Lipinski definition) is 2. The zero-order valence-corrected chi connectivity index (χ0v) is 15.3. The van der Waals surface area contributed by atoms with E-state index in [2.05, 4.69) is 0 Å². The first kappa shape index (κ1) is 16.5. The van der Waals surface area contributed by atoms with E-state index < -0.39 is 5.41 Å². The Morgan fingerprint density at radius 2 is 1.30 bits per heavy atom. The molecule has 1 fully saturated rings. The summed E-state index contributed by atoms with van der Waals surface area (Å²) in [6.07, 6.45) is 0.346. The molecule has 5 heteroatoms. The van der Waals surface area contributed by atoms with Crippen LogP contribution in [0.1, 0.15) is 25.0 Å². The van der Waals surface area contributed by atoms with Crippen molar-refractivity contribution in [2.75, 3.05) is 0 Å². The minimum atomic E-state index is -0.469. The van der Waals surface area contributed by atoms with Gasteiger partial charge in [0.1, 0.15) is 18.0 Å². The van der Waals surface area contributed by atoms with Crippen LogP contribution >= 0.6 is 0 Å². The molecule has 2 heterocycles. The van der Waals surface area contributed by atoms with Gasteiger partial charge in [-0.05, 0) is 36.1 Å². The maximum atomic E-state index is 13.4. The molecule has 0 radical (unpaired) electrons. The summed E-state index contributed by atoms with van der Waals surface area (Å²) < 4.78 is 12.4. The lowest BCUT2D eigenvalue weighted by Crippen LogP contribution is -2.64. The second-order valence-electron chi connectivity index (χ2n) is 8.45. The average Bonchev–Trinajstić information content (AvgIpc) is 2.65. The van der Waals surface area contributed by atoms with Crippen LogP contribution in [0.3, 0.4) is 0 Å². The highest BCUT2D eigenvalue weighted by molar-refractivity contribution is 5.87. The van der Waals surface area contributed by atoms with Crippen LogP contribution in [0.2, 0.25) is 0 Å². The van der Waals surface area contributed by atoms with Gasteiger partial charge in [-0.2, -0.15) is 0 Å². The van der Waals surface area contributed by atoms with Gasteiger partial charge in [0.2, 0.25) is 0 Å². The molecule has 4 atom stereocenters. The molecule has 0 saturated heterocycles. The van der Waals surface area contributed by atoms with Crippen molar-refractivity contribution in [3.63, 3.8) is 0 Å². The Kier molecular flexibility index (Phi) is 3.30. The van der Waals surface area contributed by atoms with Crippen LogP contribution in [-0.4, -0.2) is 28.2 Å². The minimum Gasteiger partial charge on any atom is -0.504 e. The lowest BCUT2D eigenvalue weighted by Gasteiger charge is -2.53. The summed E-state index contributed by atoms with van der Waals surface area (Å²) in [4.78, 5) is 13.4. The van der Waals surface area contributed by atoms with Crippen LogP contribution in [0, 0.1) is 17.3 Å². The number of carbonyl (C=O) groups is 1. The molecule has 5 nitrogen and oxygen atoms in total. The average molecular weight is 366 g/mol. The van der Waals surface area contributed by atoms with Gasteiger partial charge in [0, 0.05) is 5.41 Å². The number of phenols is 2. The number of ketones is 1. The van der Waals surface area contributed by atoms with Crippen molar-refractivity contribution in [2.45, 2.75) is 38.9 Å². The van der Waals surface area contributed by atoms with Gasteiger partial charge in [-0.25, -0.2) is 0 Å². The molecule has 2 aromatic rings. The van der Waals surface area contributed by atoms with E-state index in [4.69, 9.17) is 9.47 Å². The fraction of sp³-hybridized carbons (Fsp3) is 0.409. The molecule has 0 spiro atoms. The van der Waals surface area contributed by atoms with Crippen LogP contribution in [-0.2, 0) is 17.6 Å². The Labute approximate surface area is 157 Å². The van der Waals surface area contributed by atoms with Crippen molar-refractivity contribution in [3.05, 3.63) is 47.5 Å². The molecule has 2 aromatic carbocycles. The van der Waals surface area contributed by atoms with Gasteiger partial charge in [0.25, 0.3) is 0 Å². The monoisotopic (exact) mass is 366 g/mol. The summed E-state index contributed by atoms with van der Waals surface area (Å²) in [7, 11) is 0. The molecular formula is C22H22O5. The number of para-hydroxylation sites is 2. The van der Waals surface area contributed by atoms with Crippen LogP contribution in [0.4, 0.5) is 0 Å². The van der Waals surface area contributed by atoms with Crippen molar-refractivity contribution in [3.8, 4) is 23.0 Å². The number of benzene rings is 2. The fourth-order valence-corrected chi connectivity index (χ4v) is 5.12. The second kappa shape index (κ2) is 5.41. The van der Waals surface area contributed by atoms with E-state index >= 15 is 0 Å². The molecule has 0 aromatic heterocycles. The smallest absolute Gasteiger partial charge is 0.164 e. The minimum absolute atomic E-state index is 0.101. The molecule has 3 aliphatic rings. The van der Waals surface area contributed by atoms with Crippen molar-refractivity contribution >= 4 is 5.78 Å². The van der Waals surface area contributed by atoms with Gasteiger partial charge in [-0.3, -0.25) is 4.79 Å². The molecule has 0 bridgehead atoms. The number of ether oxygens (including phenoxy) is 2. The molecule has 1 aliphatic carbocycles. The summed E-state index contributed by atoms with van der Waals surface area (Å²) in [6, 6.07) is 10.6. The number of rotatable bonds is 0. The molecule has 27 heavy (non-hydrogen) atoms. The molecule has 140 valence electrons. The molecule has 0 unspecified atom stereocenters. The van der Waals surface area contributed by atoms with E-state index in [1.54, 1.807) is 24.3 Å². The number of aromatic hydroxyl groups is 2. The van der Waals surface area contributed by atoms with Gasteiger partial charge in [0.05, 0.1) is 11.8 Å². The third-order valence-electron chi connectivity index (χ3n) is 6.45. The first-order valence-corrected chi connectivity index (χ1v) is 9.36. The lowest BCUT2D eigenvalue weighted by atomic mass is 9.59. The summed E-state index contributed by atoms with van der Waals surface area (Å²) in [5.41, 5.74) is 1.27. The second-order valence-corrected chi connectivity index (χ2v) is 8.45. The topological polar surface area (TPSA) is 76.0 Å². The number of hydrogen-bond acceptors (Lipinski definition) is 5. The number of carbonyl (C=O) groups excluding carboxylic acids is 1. The summed E-state index contributed by atoms with van der Waals surface area (Å²) in [6.45, 7) is 4.09. The van der Waals surface area contributed by atoms with Crippen molar-refractivity contribution in [2.24, 2.45) is 17.3 Å².